The van der Waals surface area contributed by atoms with Gasteiger partial charge < -0.3 is 9.42 Å². The molecule has 1 N–H and O–H groups in total. The van der Waals surface area contributed by atoms with Crippen molar-refractivity contribution < 1.29 is 18.8 Å². The van der Waals surface area contributed by atoms with Gasteiger partial charge in [-0.15, -0.1) is 0 Å². The number of ketones is 1. The Morgan fingerprint density at radius 3 is 2.94 bits per heavy atom. The van der Waals surface area contributed by atoms with E-state index in [0.29, 0.717) is 5.56 Å². The number of carbonyl (C=O) groups is 1. The van der Waals surface area contributed by atoms with Gasteiger partial charge in [0.15, 0.2) is 5.78 Å². The molecule has 2 rings (SSSR count). The molecular weight excluding hydrogens is 241 g/mol. The van der Waals surface area contributed by atoms with Crippen LogP contribution in [-0.4, -0.2) is 22.3 Å². The van der Waals surface area contributed by atoms with Crippen LogP contribution in [0.2, 0.25) is 0 Å². The maximum absolute atomic E-state index is 11.6. The molecule has 0 spiro atoms. The number of benzene rings is 1. The Morgan fingerprint density at radius 2 is 2.18 bits per heavy atom. The van der Waals surface area contributed by atoms with E-state index in [1.54, 1.807) is 6.07 Å². The molecule has 1 aromatic carbocycles. The van der Waals surface area contributed by atoms with Gasteiger partial charge in [0.05, 0.1) is 5.52 Å². The molecule has 0 aliphatic heterocycles. The summed E-state index contributed by atoms with van der Waals surface area (Å²) in [6.07, 6.45) is 1.43. The van der Waals surface area contributed by atoms with Crippen LogP contribution in [0, 0.1) is 0 Å². The minimum absolute atomic E-state index is 0.365. The maximum atomic E-state index is 11.6. The Morgan fingerprint density at radius 1 is 1.41 bits per heavy atom. The molecule has 88 valence electrons. The Balaban J connectivity index is 2.24. The highest BCUT2D eigenvalue weighted by atomic mass is 31.1. The first-order valence-corrected chi connectivity index (χ1v) is 6.17. The zero-order valence-corrected chi connectivity index (χ0v) is 9.79. The second-order valence-electron chi connectivity index (χ2n) is 3.39. The van der Waals surface area contributed by atoms with Gasteiger partial charge in [0.1, 0.15) is 6.61 Å². The Kier molecular flexibility index (Phi) is 3.64. The quantitative estimate of drug-likeness (QED) is 0.662. The fraction of sp³-hybridized carbons (Fsp3) is 0.0909. The smallest absolute Gasteiger partial charge is 0.317 e. The summed E-state index contributed by atoms with van der Waals surface area (Å²) >= 11 is 0. The van der Waals surface area contributed by atoms with E-state index in [0.717, 1.165) is 10.9 Å². The second kappa shape index (κ2) is 5.19. The molecule has 1 atom stereocenters. The van der Waals surface area contributed by atoms with Crippen molar-refractivity contribution in [3.8, 4) is 0 Å². The number of aromatic nitrogens is 1. The van der Waals surface area contributed by atoms with Crippen LogP contribution in [0.15, 0.2) is 36.5 Å². The second-order valence-corrected chi connectivity index (χ2v) is 4.21. The lowest BCUT2D eigenvalue weighted by molar-refractivity contribution is 0.0917. The number of Topliss-reactive ketones (excluding diaryl/α,β-unsaturated/α-hetero) is 1. The Hall–Kier alpha value is -1.55. The van der Waals surface area contributed by atoms with Crippen molar-refractivity contribution in [2.24, 2.45) is 0 Å². The molecule has 0 bridgehead atoms. The Bertz CT molecular complexity index is 584. The minimum Gasteiger partial charge on any atom is -0.326 e. The summed E-state index contributed by atoms with van der Waals surface area (Å²) in [6, 6.07) is 9.07. The van der Waals surface area contributed by atoms with Gasteiger partial charge in [-0.2, -0.15) is 0 Å². The molecule has 6 heteroatoms. The molecule has 0 saturated carbocycles. The molecule has 1 aromatic heterocycles. The van der Waals surface area contributed by atoms with E-state index in [-0.39, 0.29) is 5.78 Å². The van der Waals surface area contributed by atoms with E-state index in [9.17, 15) is 9.36 Å². The number of para-hydroxylation sites is 1. The van der Waals surface area contributed by atoms with Crippen LogP contribution in [0.1, 0.15) is 10.4 Å². The van der Waals surface area contributed by atoms with Gasteiger partial charge in [-0.25, -0.2) is 0 Å². The molecule has 0 radical (unpaired) electrons. The summed E-state index contributed by atoms with van der Waals surface area (Å²) in [5, 5.41) is 0.843. The molecule has 17 heavy (non-hydrogen) atoms. The van der Waals surface area contributed by atoms with Gasteiger partial charge in [0, 0.05) is 17.1 Å². The van der Waals surface area contributed by atoms with Crippen LogP contribution in [0.3, 0.4) is 0 Å². The minimum atomic E-state index is -3.07. The fourth-order valence-corrected chi connectivity index (χ4v) is 1.69. The van der Waals surface area contributed by atoms with E-state index in [1.807, 2.05) is 24.3 Å². The molecule has 0 aliphatic carbocycles. The van der Waals surface area contributed by atoms with E-state index in [2.05, 4.69) is 9.51 Å². The van der Waals surface area contributed by atoms with E-state index >= 15 is 0 Å². The standard InChI is InChI=1S/C11H10NO4P/c13-11(7-16-17(14)15)9-5-8-3-1-2-4-10(8)12-6-9/h1-6,17H,7H2,(H,14,15). The van der Waals surface area contributed by atoms with Crippen molar-refractivity contribution in [3.63, 3.8) is 0 Å². The number of carbonyl (C=O) groups excluding carboxylic acids is 1. The normalized spacial score (nSPS) is 12.5. The lowest BCUT2D eigenvalue weighted by atomic mass is 10.1. The van der Waals surface area contributed by atoms with Crippen LogP contribution in [0.4, 0.5) is 0 Å². The first-order valence-electron chi connectivity index (χ1n) is 4.90. The topological polar surface area (TPSA) is 76.5 Å². The summed E-state index contributed by atoms with van der Waals surface area (Å²) in [5.41, 5.74) is 1.16. The molecule has 1 heterocycles. The molecule has 5 nitrogen and oxygen atoms in total. The fourth-order valence-electron chi connectivity index (χ4n) is 1.43. The monoisotopic (exact) mass is 251 g/mol. The van der Waals surface area contributed by atoms with Crippen LogP contribution in [0.5, 0.6) is 0 Å². The number of nitrogens with zero attached hydrogens (tertiary/aromatic N) is 1. The van der Waals surface area contributed by atoms with Gasteiger partial charge in [0.2, 0.25) is 0 Å². The van der Waals surface area contributed by atoms with Crippen molar-refractivity contribution in [1.82, 2.24) is 4.98 Å². The average Bonchev–Trinajstić information content (AvgIpc) is 2.35. The number of hydrogen-bond acceptors (Lipinski definition) is 4. The van der Waals surface area contributed by atoms with Gasteiger partial charge in [-0.05, 0) is 12.1 Å². The molecular formula is C11H10NO4P. The van der Waals surface area contributed by atoms with Crippen molar-refractivity contribution in [2.45, 2.75) is 0 Å². The van der Waals surface area contributed by atoms with Gasteiger partial charge >= 0.3 is 8.25 Å². The number of fused-ring (bicyclic) bond motifs is 1. The van der Waals surface area contributed by atoms with Crippen LogP contribution < -0.4 is 0 Å². The van der Waals surface area contributed by atoms with Crippen LogP contribution in [0.25, 0.3) is 10.9 Å². The average molecular weight is 251 g/mol. The number of rotatable bonds is 4. The summed E-state index contributed by atoms with van der Waals surface area (Å²) in [4.78, 5) is 24.2. The number of pyridine rings is 1. The first kappa shape index (κ1) is 11.9. The van der Waals surface area contributed by atoms with E-state index < -0.39 is 14.9 Å². The van der Waals surface area contributed by atoms with Crippen LogP contribution in [-0.2, 0) is 9.09 Å². The number of hydrogen-bond donors (Lipinski definition) is 1. The summed E-state index contributed by atoms with van der Waals surface area (Å²) in [7, 11) is -3.07. The van der Waals surface area contributed by atoms with Crippen molar-refractivity contribution in [1.29, 1.82) is 0 Å². The van der Waals surface area contributed by atoms with Gasteiger partial charge in [0.25, 0.3) is 0 Å². The zero-order chi connectivity index (χ0) is 12.3. The molecule has 1 unspecified atom stereocenters. The zero-order valence-electron chi connectivity index (χ0n) is 8.79. The largest absolute Gasteiger partial charge is 0.326 e. The van der Waals surface area contributed by atoms with Crippen molar-refractivity contribution in [3.05, 3.63) is 42.1 Å². The van der Waals surface area contributed by atoms with Gasteiger partial charge in [-0.3, -0.25) is 14.3 Å². The predicted octanol–water partition coefficient (Wildman–Crippen LogP) is 1.82. The third-order valence-corrected chi connectivity index (χ3v) is 2.63. The molecule has 0 amide bonds. The third kappa shape index (κ3) is 2.97. The maximum Gasteiger partial charge on any atom is 0.317 e. The molecule has 0 aliphatic rings. The van der Waals surface area contributed by atoms with Gasteiger partial charge in [-0.1, -0.05) is 18.2 Å². The lowest BCUT2D eigenvalue weighted by Crippen LogP contribution is -2.06. The van der Waals surface area contributed by atoms with E-state index in [4.69, 9.17) is 4.89 Å². The summed E-state index contributed by atoms with van der Waals surface area (Å²) in [6.45, 7) is -0.408. The summed E-state index contributed by atoms with van der Waals surface area (Å²) in [5.74, 6) is -0.365. The Labute approximate surface area is 98.0 Å². The van der Waals surface area contributed by atoms with Crippen molar-refractivity contribution in [2.75, 3.05) is 6.61 Å². The highest BCUT2D eigenvalue weighted by molar-refractivity contribution is 7.32. The predicted molar refractivity (Wildman–Crippen MR) is 63.2 cm³/mol. The first-order chi connectivity index (χ1) is 8.16. The molecule has 2 aromatic rings. The SMILES string of the molecule is O=C(CO[PH](=O)O)c1cnc2ccccc2c1. The molecule has 0 fully saturated rings. The third-order valence-electron chi connectivity index (χ3n) is 2.24. The highest BCUT2D eigenvalue weighted by Gasteiger charge is 2.08. The lowest BCUT2D eigenvalue weighted by Gasteiger charge is -2.02. The van der Waals surface area contributed by atoms with Crippen molar-refractivity contribution >= 4 is 24.9 Å². The van der Waals surface area contributed by atoms with Crippen LogP contribution >= 0.6 is 8.25 Å². The summed E-state index contributed by atoms with van der Waals surface area (Å²) < 4.78 is 14.7. The molecule has 0 saturated heterocycles. The highest BCUT2D eigenvalue weighted by Crippen LogP contribution is 2.17. The van der Waals surface area contributed by atoms with E-state index in [1.165, 1.54) is 6.20 Å².